The van der Waals surface area contributed by atoms with Crippen LogP contribution in [-0.2, 0) is 4.74 Å². The van der Waals surface area contributed by atoms with E-state index in [4.69, 9.17) is 9.84 Å². The van der Waals surface area contributed by atoms with Crippen molar-refractivity contribution in [3.63, 3.8) is 0 Å². The number of Topliss-reactive ketones (excluding diaryl/α,β-unsaturated/α-hetero) is 1. The zero-order valence-electron chi connectivity index (χ0n) is 10.3. The summed E-state index contributed by atoms with van der Waals surface area (Å²) in [6.07, 6.45) is 2.32. The number of carboxylic acid groups (broad SMARTS) is 1. The lowest BCUT2D eigenvalue weighted by molar-refractivity contribution is 0.0676. The first kappa shape index (κ1) is 13.4. The quantitative estimate of drug-likeness (QED) is 0.771. The van der Waals surface area contributed by atoms with E-state index in [1.54, 1.807) is 17.9 Å². The minimum absolute atomic E-state index is 0.0702. The Bertz CT molecular complexity index is 422. The summed E-state index contributed by atoms with van der Waals surface area (Å²) in [7, 11) is 1.57. The molecule has 94 valence electrons. The van der Waals surface area contributed by atoms with Crippen molar-refractivity contribution in [1.29, 1.82) is 0 Å². The Labute approximate surface area is 100 Å². The van der Waals surface area contributed by atoms with Gasteiger partial charge in [-0.1, -0.05) is 6.92 Å². The number of methoxy groups -OCH3 is 1. The predicted octanol–water partition coefficient (Wildman–Crippen LogP) is 1.99. The van der Waals surface area contributed by atoms with Crippen LogP contribution in [0.4, 0.5) is 0 Å². The molecule has 0 aromatic carbocycles. The first-order chi connectivity index (χ1) is 8.01. The number of carbonyl (C=O) groups is 2. The number of rotatable bonds is 6. The lowest BCUT2D eigenvalue weighted by atomic mass is 10.2. The third-order valence-electron chi connectivity index (χ3n) is 2.70. The summed E-state index contributed by atoms with van der Waals surface area (Å²) in [4.78, 5) is 22.4. The largest absolute Gasteiger partial charge is 0.477 e. The fraction of sp³-hybridized carbons (Fsp3) is 0.500. The number of aromatic nitrogens is 1. The number of hydrogen-bond acceptors (Lipinski definition) is 3. The molecule has 0 aliphatic carbocycles. The third-order valence-corrected chi connectivity index (χ3v) is 2.70. The third kappa shape index (κ3) is 2.94. The highest BCUT2D eigenvalue weighted by molar-refractivity contribution is 5.97. The molecule has 0 saturated heterocycles. The van der Waals surface area contributed by atoms with Gasteiger partial charge in [-0.2, -0.15) is 0 Å². The second kappa shape index (κ2) is 5.63. The smallest absolute Gasteiger partial charge is 0.352 e. The van der Waals surface area contributed by atoms with E-state index >= 15 is 0 Å². The minimum Gasteiger partial charge on any atom is -0.477 e. The molecule has 1 N–H and O–H groups in total. The maximum absolute atomic E-state index is 11.3. The summed E-state index contributed by atoms with van der Waals surface area (Å²) in [5.74, 6) is -1.18. The molecule has 1 aromatic rings. The first-order valence-electron chi connectivity index (χ1n) is 5.46. The van der Waals surface area contributed by atoms with Crippen LogP contribution in [0.5, 0.6) is 0 Å². The van der Waals surface area contributed by atoms with Crippen LogP contribution in [0.2, 0.25) is 0 Å². The van der Waals surface area contributed by atoms with Crippen molar-refractivity contribution in [3.05, 3.63) is 23.5 Å². The van der Waals surface area contributed by atoms with E-state index < -0.39 is 5.97 Å². The van der Waals surface area contributed by atoms with Crippen molar-refractivity contribution >= 4 is 11.8 Å². The summed E-state index contributed by atoms with van der Waals surface area (Å²) >= 11 is 0. The fourth-order valence-electron chi connectivity index (χ4n) is 1.73. The van der Waals surface area contributed by atoms with Gasteiger partial charge in [0.15, 0.2) is 5.78 Å². The number of ketones is 1. The molecule has 1 unspecified atom stereocenters. The van der Waals surface area contributed by atoms with Crippen LogP contribution in [0.15, 0.2) is 12.3 Å². The topological polar surface area (TPSA) is 68.5 Å². The highest BCUT2D eigenvalue weighted by atomic mass is 16.5. The molecule has 5 heteroatoms. The van der Waals surface area contributed by atoms with Crippen molar-refractivity contribution in [2.45, 2.75) is 26.3 Å². The van der Waals surface area contributed by atoms with Crippen LogP contribution in [0.25, 0.3) is 0 Å². The molecule has 0 fully saturated rings. The summed E-state index contributed by atoms with van der Waals surface area (Å²) < 4.78 is 6.65. The maximum atomic E-state index is 11.3. The lowest BCUT2D eigenvalue weighted by Gasteiger charge is -2.17. The molecule has 0 radical (unpaired) electrons. The lowest BCUT2D eigenvalue weighted by Crippen LogP contribution is -2.17. The van der Waals surface area contributed by atoms with Crippen molar-refractivity contribution < 1.29 is 19.4 Å². The molecule has 0 aliphatic heterocycles. The standard InChI is InChI=1S/C12H17NO4/c1-4-10(7-17-3)13-6-9(8(2)14)5-11(13)12(15)16/h5-6,10H,4,7H2,1-3H3,(H,15,16). The van der Waals surface area contributed by atoms with Gasteiger partial charge in [-0.15, -0.1) is 0 Å². The Kier molecular flexibility index (Phi) is 4.45. The Morgan fingerprint density at radius 1 is 1.53 bits per heavy atom. The van der Waals surface area contributed by atoms with Crippen LogP contribution in [0, 0.1) is 0 Å². The highest BCUT2D eigenvalue weighted by Crippen LogP contribution is 2.19. The zero-order chi connectivity index (χ0) is 13.0. The Morgan fingerprint density at radius 2 is 2.18 bits per heavy atom. The molecular weight excluding hydrogens is 222 g/mol. The van der Waals surface area contributed by atoms with Crippen LogP contribution in [0.3, 0.4) is 0 Å². The number of aromatic carboxylic acids is 1. The minimum atomic E-state index is -1.04. The Hall–Kier alpha value is -1.62. The van der Waals surface area contributed by atoms with Gasteiger partial charge in [-0.3, -0.25) is 4.79 Å². The van der Waals surface area contributed by atoms with Crippen LogP contribution in [-0.4, -0.2) is 35.1 Å². The number of nitrogens with zero attached hydrogens (tertiary/aromatic N) is 1. The normalized spacial score (nSPS) is 12.4. The van der Waals surface area contributed by atoms with E-state index in [9.17, 15) is 9.59 Å². The fourth-order valence-corrected chi connectivity index (χ4v) is 1.73. The van der Waals surface area contributed by atoms with E-state index in [-0.39, 0.29) is 17.5 Å². The first-order valence-corrected chi connectivity index (χ1v) is 5.46. The summed E-state index contributed by atoms with van der Waals surface area (Å²) in [5, 5.41) is 9.10. The Morgan fingerprint density at radius 3 is 2.59 bits per heavy atom. The molecule has 1 atom stereocenters. The number of carboxylic acids is 1. The summed E-state index contributed by atoms with van der Waals surface area (Å²) in [6, 6.07) is 1.34. The molecule has 0 aliphatic rings. The second-order valence-corrected chi connectivity index (χ2v) is 3.90. The monoisotopic (exact) mass is 239 g/mol. The number of hydrogen-bond donors (Lipinski definition) is 1. The van der Waals surface area contributed by atoms with Gasteiger partial charge in [0.1, 0.15) is 5.69 Å². The predicted molar refractivity (Wildman–Crippen MR) is 62.6 cm³/mol. The molecule has 17 heavy (non-hydrogen) atoms. The van der Waals surface area contributed by atoms with Gasteiger partial charge in [-0.05, 0) is 19.4 Å². The van der Waals surface area contributed by atoms with E-state index in [1.165, 1.54) is 13.0 Å². The van der Waals surface area contributed by atoms with Crippen LogP contribution in [0.1, 0.15) is 47.2 Å². The number of carbonyl (C=O) groups excluding carboxylic acids is 1. The molecule has 1 aromatic heterocycles. The van der Waals surface area contributed by atoms with Crippen molar-refractivity contribution in [2.75, 3.05) is 13.7 Å². The average molecular weight is 239 g/mol. The van der Waals surface area contributed by atoms with Gasteiger partial charge >= 0.3 is 5.97 Å². The van der Waals surface area contributed by atoms with Gasteiger partial charge < -0.3 is 14.4 Å². The highest BCUT2D eigenvalue weighted by Gasteiger charge is 2.19. The maximum Gasteiger partial charge on any atom is 0.352 e. The van der Waals surface area contributed by atoms with Crippen molar-refractivity contribution in [1.82, 2.24) is 4.57 Å². The van der Waals surface area contributed by atoms with Gasteiger partial charge in [0, 0.05) is 18.9 Å². The Balaban J connectivity index is 3.19. The molecule has 5 nitrogen and oxygen atoms in total. The van der Waals surface area contributed by atoms with Gasteiger partial charge in [0.2, 0.25) is 0 Å². The van der Waals surface area contributed by atoms with Crippen LogP contribution >= 0.6 is 0 Å². The van der Waals surface area contributed by atoms with E-state index in [1.807, 2.05) is 6.92 Å². The van der Waals surface area contributed by atoms with Crippen molar-refractivity contribution in [2.24, 2.45) is 0 Å². The van der Waals surface area contributed by atoms with Gasteiger partial charge in [0.05, 0.1) is 12.6 Å². The second-order valence-electron chi connectivity index (χ2n) is 3.90. The molecule has 0 spiro atoms. The summed E-state index contributed by atoms with van der Waals surface area (Å²) in [5.41, 5.74) is 0.538. The van der Waals surface area contributed by atoms with E-state index in [0.717, 1.165) is 6.42 Å². The zero-order valence-corrected chi connectivity index (χ0v) is 10.3. The van der Waals surface area contributed by atoms with Gasteiger partial charge in [-0.25, -0.2) is 4.79 Å². The molecular formula is C12H17NO4. The summed E-state index contributed by atoms with van der Waals surface area (Å²) in [6.45, 7) is 3.79. The van der Waals surface area contributed by atoms with Gasteiger partial charge in [0.25, 0.3) is 0 Å². The molecule has 1 rings (SSSR count). The molecule has 0 amide bonds. The average Bonchev–Trinajstić information content (AvgIpc) is 2.70. The SMILES string of the molecule is CCC(COC)n1cc(C(C)=O)cc1C(=O)O. The van der Waals surface area contributed by atoms with E-state index in [0.29, 0.717) is 12.2 Å². The number of ether oxygens (including phenoxy) is 1. The molecule has 0 saturated carbocycles. The molecule has 0 bridgehead atoms. The van der Waals surface area contributed by atoms with Crippen molar-refractivity contribution in [3.8, 4) is 0 Å². The van der Waals surface area contributed by atoms with E-state index in [2.05, 4.69) is 0 Å². The van der Waals surface area contributed by atoms with Crippen LogP contribution < -0.4 is 0 Å². The molecule has 1 heterocycles.